The van der Waals surface area contributed by atoms with Crippen molar-refractivity contribution in [2.45, 2.75) is 11.8 Å². The summed E-state index contributed by atoms with van der Waals surface area (Å²) in [6.45, 7) is 1.65. The molecule has 1 heterocycles. The van der Waals surface area contributed by atoms with Gasteiger partial charge in [-0.3, -0.25) is 9.98 Å². The molecular weight excluding hydrogens is 327 g/mol. The molecule has 0 radical (unpaired) electrons. The van der Waals surface area contributed by atoms with Crippen molar-refractivity contribution < 1.29 is 13.0 Å². The van der Waals surface area contributed by atoms with E-state index in [-0.39, 0.29) is 15.7 Å². The summed E-state index contributed by atoms with van der Waals surface area (Å²) in [6, 6.07) is 4.00. The quantitative estimate of drug-likeness (QED) is 0.426. The number of allylic oxidation sites excluding steroid dienone is 1. The van der Waals surface area contributed by atoms with E-state index in [1.165, 1.54) is 18.2 Å². The molecule has 10 heteroatoms. The summed E-state index contributed by atoms with van der Waals surface area (Å²) in [4.78, 5) is -0.218. The predicted molar refractivity (Wildman–Crippen MR) is 75.4 cm³/mol. The van der Waals surface area contributed by atoms with E-state index in [4.69, 9.17) is 33.7 Å². The van der Waals surface area contributed by atoms with Gasteiger partial charge in [0.2, 0.25) is 0 Å². The molecule has 0 saturated heterocycles. The Morgan fingerprint density at radius 1 is 1.45 bits per heavy atom. The fourth-order valence-corrected chi connectivity index (χ4v) is 2.61. The molecule has 0 aromatic heterocycles. The Hall–Kier alpha value is -1.48. The van der Waals surface area contributed by atoms with Gasteiger partial charge >= 0.3 is 0 Å². The third-order valence-electron chi connectivity index (χ3n) is 2.62. The van der Waals surface area contributed by atoms with Crippen molar-refractivity contribution in [3.8, 4) is 0 Å². The normalized spacial score (nSPS) is 16.0. The molecule has 1 aliphatic heterocycles. The molecule has 0 bridgehead atoms. The second kappa shape index (κ2) is 5.13. The second-order valence-corrected chi connectivity index (χ2v) is 6.12. The number of hydrogen-bond donors (Lipinski definition) is 3. The number of rotatable bonds is 2. The molecule has 1 aromatic carbocycles. The molecule has 0 amide bonds. The SMILES string of the molecule is Cc1cc(S(=O)(=O)O)ccc1C1=NN(Cl)NC(Cl)=C1N. The van der Waals surface area contributed by atoms with Crippen molar-refractivity contribution in [2.75, 3.05) is 0 Å². The molecule has 0 fully saturated rings. The van der Waals surface area contributed by atoms with Crippen molar-refractivity contribution in [3.63, 3.8) is 0 Å². The van der Waals surface area contributed by atoms with E-state index in [0.717, 1.165) is 4.64 Å². The van der Waals surface area contributed by atoms with E-state index < -0.39 is 10.1 Å². The van der Waals surface area contributed by atoms with Crippen LogP contribution in [0.15, 0.2) is 39.0 Å². The molecule has 1 aliphatic rings. The van der Waals surface area contributed by atoms with Gasteiger partial charge in [0.1, 0.15) is 10.9 Å². The first-order valence-electron chi connectivity index (χ1n) is 5.25. The monoisotopic (exact) mass is 336 g/mol. The maximum atomic E-state index is 11.1. The minimum atomic E-state index is -4.27. The minimum absolute atomic E-state index is 0.100. The molecule has 108 valence electrons. The molecule has 7 nitrogen and oxygen atoms in total. The lowest BCUT2D eigenvalue weighted by molar-refractivity contribution is 0.402. The summed E-state index contributed by atoms with van der Waals surface area (Å²) in [7, 11) is -4.27. The Bertz CT molecular complexity index is 730. The number of nitrogens with one attached hydrogen (secondary N) is 1. The van der Waals surface area contributed by atoms with Crippen LogP contribution >= 0.6 is 23.4 Å². The second-order valence-electron chi connectivity index (χ2n) is 4.00. The number of nitrogens with two attached hydrogens (primary N) is 1. The molecular formula is C10H10Cl2N4O3S. The van der Waals surface area contributed by atoms with Crippen LogP contribution in [0.4, 0.5) is 0 Å². The van der Waals surface area contributed by atoms with Crippen LogP contribution in [-0.2, 0) is 10.1 Å². The minimum Gasteiger partial charge on any atom is -0.394 e. The van der Waals surface area contributed by atoms with Crippen LogP contribution in [0.3, 0.4) is 0 Å². The highest BCUT2D eigenvalue weighted by atomic mass is 35.5. The Kier molecular flexibility index (Phi) is 3.83. The highest BCUT2D eigenvalue weighted by Gasteiger charge is 2.21. The van der Waals surface area contributed by atoms with Crippen molar-refractivity contribution in [2.24, 2.45) is 10.8 Å². The number of benzene rings is 1. The highest BCUT2D eigenvalue weighted by Crippen LogP contribution is 2.22. The summed E-state index contributed by atoms with van der Waals surface area (Å²) in [5.74, 6) is 0. The van der Waals surface area contributed by atoms with E-state index >= 15 is 0 Å². The van der Waals surface area contributed by atoms with Crippen molar-refractivity contribution in [1.82, 2.24) is 10.1 Å². The lowest BCUT2D eigenvalue weighted by Gasteiger charge is -2.22. The first-order valence-corrected chi connectivity index (χ1v) is 7.41. The van der Waals surface area contributed by atoms with Gasteiger partial charge < -0.3 is 5.73 Å². The van der Waals surface area contributed by atoms with Crippen LogP contribution in [0, 0.1) is 6.92 Å². The fraction of sp³-hybridized carbons (Fsp3) is 0.100. The average molecular weight is 337 g/mol. The summed E-state index contributed by atoms with van der Waals surface area (Å²) in [6.07, 6.45) is 0. The third kappa shape index (κ3) is 2.83. The van der Waals surface area contributed by atoms with Crippen molar-refractivity contribution in [3.05, 3.63) is 40.2 Å². The molecule has 20 heavy (non-hydrogen) atoms. The van der Waals surface area contributed by atoms with Crippen molar-refractivity contribution in [1.29, 1.82) is 0 Å². The Labute approximate surface area is 125 Å². The largest absolute Gasteiger partial charge is 0.394 e. The molecule has 0 atom stereocenters. The number of hydrogen-bond acceptors (Lipinski definition) is 6. The highest BCUT2D eigenvalue weighted by molar-refractivity contribution is 7.85. The third-order valence-corrected chi connectivity index (χ3v) is 3.92. The van der Waals surface area contributed by atoms with Crippen LogP contribution in [0.25, 0.3) is 0 Å². The molecule has 0 spiro atoms. The van der Waals surface area contributed by atoms with Gasteiger partial charge in [0.25, 0.3) is 10.1 Å². The first kappa shape index (κ1) is 14.9. The van der Waals surface area contributed by atoms with Crippen LogP contribution < -0.4 is 11.2 Å². The summed E-state index contributed by atoms with van der Waals surface area (Å²) >= 11 is 11.6. The predicted octanol–water partition coefficient (Wildman–Crippen LogP) is 1.29. The average Bonchev–Trinajstić information content (AvgIpc) is 2.33. The Morgan fingerprint density at radius 2 is 2.10 bits per heavy atom. The maximum Gasteiger partial charge on any atom is 0.294 e. The van der Waals surface area contributed by atoms with Gasteiger partial charge in [0, 0.05) is 5.56 Å². The van der Waals surface area contributed by atoms with Crippen LogP contribution in [0.2, 0.25) is 0 Å². The van der Waals surface area contributed by atoms with Gasteiger partial charge in [-0.05, 0) is 24.6 Å². The smallest absolute Gasteiger partial charge is 0.294 e. The lowest BCUT2D eigenvalue weighted by atomic mass is 10.0. The standard InChI is InChI=1S/C10H10Cl2N4O3S/c1-5-4-6(20(17,18)19)2-3-7(5)9-8(13)10(11)15-16(12)14-9/h2-4,15H,13H2,1H3,(H,17,18,19). The van der Waals surface area contributed by atoms with E-state index in [1.54, 1.807) is 6.92 Å². The lowest BCUT2D eigenvalue weighted by Crippen LogP contribution is -2.34. The molecule has 2 rings (SSSR count). The topological polar surface area (TPSA) is 108 Å². The Morgan fingerprint density at radius 3 is 2.65 bits per heavy atom. The molecule has 0 unspecified atom stereocenters. The molecule has 0 aliphatic carbocycles. The van der Waals surface area contributed by atoms with Gasteiger partial charge in [0.15, 0.2) is 0 Å². The van der Waals surface area contributed by atoms with Gasteiger partial charge in [-0.25, -0.2) is 0 Å². The number of hydrazine groups is 1. The molecule has 0 saturated carbocycles. The number of aryl methyl sites for hydroxylation is 1. The number of nitrogens with zero attached hydrogens (tertiary/aromatic N) is 2. The summed E-state index contributed by atoms with van der Waals surface area (Å²) in [5.41, 5.74) is 9.84. The van der Waals surface area contributed by atoms with Crippen LogP contribution in [-0.4, -0.2) is 23.3 Å². The summed E-state index contributed by atoms with van der Waals surface area (Å²) < 4.78 is 32.0. The van der Waals surface area contributed by atoms with E-state index in [2.05, 4.69) is 10.5 Å². The molecule has 1 aromatic rings. The van der Waals surface area contributed by atoms with Gasteiger partial charge in [-0.2, -0.15) is 8.42 Å². The zero-order chi connectivity index (χ0) is 15.1. The maximum absolute atomic E-state index is 11.1. The zero-order valence-electron chi connectivity index (χ0n) is 10.1. The fourth-order valence-electron chi connectivity index (χ4n) is 1.67. The Balaban J connectivity index is 2.55. The van der Waals surface area contributed by atoms with Gasteiger partial charge in [0.05, 0.1) is 22.4 Å². The van der Waals surface area contributed by atoms with E-state index in [0.29, 0.717) is 16.8 Å². The van der Waals surface area contributed by atoms with Crippen LogP contribution in [0.5, 0.6) is 0 Å². The first-order chi connectivity index (χ1) is 9.20. The van der Waals surface area contributed by atoms with Crippen molar-refractivity contribution >= 4 is 39.2 Å². The van der Waals surface area contributed by atoms with Crippen LogP contribution in [0.1, 0.15) is 11.1 Å². The number of hydrazone groups is 1. The molecule has 4 N–H and O–H groups in total. The number of halogens is 2. The van der Waals surface area contributed by atoms with E-state index in [9.17, 15) is 8.42 Å². The van der Waals surface area contributed by atoms with Gasteiger partial charge in [-0.1, -0.05) is 17.7 Å². The van der Waals surface area contributed by atoms with Gasteiger partial charge in [-0.15, -0.1) is 9.74 Å². The van der Waals surface area contributed by atoms with E-state index in [1.807, 2.05) is 0 Å². The zero-order valence-corrected chi connectivity index (χ0v) is 12.5. The summed E-state index contributed by atoms with van der Waals surface area (Å²) in [5, 5.41) is 4.06.